The average molecular weight is 316 g/mol. The zero-order chi connectivity index (χ0) is 14.8. The van der Waals surface area contributed by atoms with Crippen LogP contribution in [-0.2, 0) is 9.84 Å². The molecule has 5 nitrogen and oxygen atoms in total. The van der Waals surface area contributed by atoms with Crippen LogP contribution in [0, 0.1) is 0 Å². The standard InChI is InChI=1S/C13H20N2O3S2/c1-3-12(16)11-5-4-10(8-14-11)15-6-7-19-9-13(15)20(2,17)18/h4-5,8,12-13,16H,3,6-7,9H2,1-2H3/t12-,13?/m0/s1. The predicted molar refractivity (Wildman–Crippen MR) is 82.8 cm³/mol. The van der Waals surface area contributed by atoms with Gasteiger partial charge in [-0.2, -0.15) is 11.8 Å². The van der Waals surface area contributed by atoms with E-state index in [1.165, 1.54) is 6.26 Å². The van der Waals surface area contributed by atoms with Crippen LogP contribution in [0.5, 0.6) is 0 Å². The molecule has 1 aliphatic heterocycles. The van der Waals surface area contributed by atoms with Gasteiger partial charge in [0.1, 0.15) is 5.37 Å². The van der Waals surface area contributed by atoms with Crippen molar-refractivity contribution in [3.8, 4) is 0 Å². The van der Waals surface area contributed by atoms with Gasteiger partial charge < -0.3 is 10.0 Å². The third-order valence-electron chi connectivity index (χ3n) is 3.41. The lowest BCUT2D eigenvalue weighted by Crippen LogP contribution is -2.47. The van der Waals surface area contributed by atoms with E-state index >= 15 is 0 Å². The van der Waals surface area contributed by atoms with E-state index in [0.29, 0.717) is 24.4 Å². The molecule has 1 aliphatic rings. The molecule has 1 saturated heterocycles. The molecule has 0 aliphatic carbocycles. The monoisotopic (exact) mass is 316 g/mol. The van der Waals surface area contributed by atoms with Crippen molar-refractivity contribution in [2.75, 3.05) is 29.2 Å². The Hall–Kier alpha value is -0.790. The van der Waals surface area contributed by atoms with Gasteiger partial charge in [0.15, 0.2) is 9.84 Å². The smallest absolute Gasteiger partial charge is 0.169 e. The Balaban J connectivity index is 2.25. The van der Waals surface area contributed by atoms with Crippen LogP contribution in [0.3, 0.4) is 0 Å². The molecule has 0 aromatic carbocycles. The van der Waals surface area contributed by atoms with E-state index in [9.17, 15) is 13.5 Å². The van der Waals surface area contributed by atoms with E-state index in [1.54, 1.807) is 24.0 Å². The van der Waals surface area contributed by atoms with Crippen LogP contribution in [-0.4, -0.2) is 48.2 Å². The number of sulfone groups is 1. The van der Waals surface area contributed by atoms with Crippen molar-refractivity contribution in [3.63, 3.8) is 0 Å². The number of nitrogens with zero attached hydrogens (tertiary/aromatic N) is 2. The number of aliphatic hydroxyl groups is 1. The second kappa shape index (κ2) is 6.32. The van der Waals surface area contributed by atoms with Crippen LogP contribution >= 0.6 is 11.8 Å². The largest absolute Gasteiger partial charge is 0.387 e. The van der Waals surface area contributed by atoms with E-state index in [-0.39, 0.29) is 0 Å². The molecule has 2 atom stereocenters. The van der Waals surface area contributed by atoms with E-state index in [1.807, 2.05) is 17.9 Å². The lowest BCUT2D eigenvalue weighted by atomic mass is 10.2. The van der Waals surface area contributed by atoms with Gasteiger partial charge in [0.25, 0.3) is 0 Å². The Kier molecular flexibility index (Phi) is 4.93. The highest BCUT2D eigenvalue weighted by molar-refractivity contribution is 8.01. The topological polar surface area (TPSA) is 70.5 Å². The first-order chi connectivity index (χ1) is 9.43. The van der Waals surface area contributed by atoms with E-state index < -0.39 is 21.3 Å². The summed E-state index contributed by atoms with van der Waals surface area (Å²) in [5.41, 5.74) is 1.42. The highest BCUT2D eigenvalue weighted by atomic mass is 32.2. The van der Waals surface area contributed by atoms with Crippen LogP contribution < -0.4 is 4.90 Å². The number of thioether (sulfide) groups is 1. The van der Waals surface area contributed by atoms with Crippen molar-refractivity contribution < 1.29 is 13.5 Å². The molecule has 2 heterocycles. The minimum absolute atomic E-state index is 0.495. The lowest BCUT2D eigenvalue weighted by Gasteiger charge is -2.35. The van der Waals surface area contributed by atoms with Crippen LogP contribution in [0.1, 0.15) is 25.1 Å². The van der Waals surface area contributed by atoms with Crippen LogP contribution in [0.2, 0.25) is 0 Å². The maximum Gasteiger partial charge on any atom is 0.169 e. The van der Waals surface area contributed by atoms with Gasteiger partial charge in [0, 0.05) is 24.3 Å². The fraction of sp³-hybridized carbons (Fsp3) is 0.615. The summed E-state index contributed by atoms with van der Waals surface area (Å²) in [7, 11) is -3.13. The molecule has 7 heteroatoms. The summed E-state index contributed by atoms with van der Waals surface area (Å²) in [5.74, 6) is 1.49. The van der Waals surface area contributed by atoms with E-state index in [0.717, 1.165) is 11.4 Å². The molecule has 0 saturated carbocycles. The van der Waals surface area contributed by atoms with Crippen molar-refractivity contribution in [3.05, 3.63) is 24.0 Å². The predicted octanol–water partition coefficient (Wildman–Crippen LogP) is 1.45. The Labute approximate surface area is 124 Å². The molecule has 1 aromatic rings. The number of aromatic nitrogens is 1. The SMILES string of the molecule is CC[C@H](O)c1ccc(N2CCSCC2S(C)(=O)=O)cn1. The summed E-state index contributed by atoms with van der Waals surface area (Å²) in [5, 5.41) is 9.24. The number of rotatable bonds is 4. The second-order valence-corrected chi connectivity index (χ2v) is 8.27. The molecule has 0 radical (unpaired) electrons. The molecule has 1 fully saturated rings. The molecule has 0 bridgehead atoms. The summed E-state index contributed by atoms with van der Waals surface area (Å²) < 4.78 is 23.8. The van der Waals surface area contributed by atoms with Crippen molar-refractivity contribution in [1.82, 2.24) is 4.98 Å². The number of anilines is 1. The third kappa shape index (κ3) is 3.45. The maximum absolute atomic E-state index is 11.9. The molecular formula is C13H20N2O3S2. The van der Waals surface area contributed by atoms with Crippen LogP contribution in [0.4, 0.5) is 5.69 Å². The minimum atomic E-state index is -3.13. The minimum Gasteiger partial charge on any atom is -0.387 e. The number of hydrogen-bond acceptors (Lipinski definition) is 6. The van der Waals surface area contributed by atoms with Gasteiger partial charge >= 0.3 is 0 Å². The quantitative estimate of drug-likeness (QED) is 0.906. The van der Waals surface area contributed by atoms with Gasteiger partial charge in [-0.15, -0.1) is 0 Å². The normalized spacial score (nSPS) is 21.8. The number of aliphatic hydroxyl groups excluding tert-OH is 1. The summed E-state index contributed by atoms with van der Waals surface area (Å²) in [6, 6.07) is 3.61. The maximum atomic E-state index is 11.9. The van der Waals surface area contributed by atoms with Crippen molar-refractivity contribution >= 4 is 27.3 Å². The Morgan fingerprint density at radius 2 is 2.30 bits per heavy atom. The van der Waals surface area contributed by atoms with Crippen molar-refractivity contribution in [2.45, 2.75) is 24.8 Å². The lowest BCUT2D eigenvalue weighted by molar-refractivity contribution is 0.169. The zero-order valence-corrected chi connectivity index (χ0v) is 13.3. The Bertz CT molecular complexity index is 545. The van der Waals surface area contributed by atoms with E-state index in [2.05, 4.69) is 4.98 Å². The van der Waals surface area contributed by atoms with Gasteiger partial charge in [-0.3, -0.25) is 4.98 Å². The molecule has 112 valence electrons. The molecular weight excluding hydrogens is 296 g/mol. The van der Waals surface area contributed by atoms with Gasteiger partial charge in [-0.05, 0) is 18.6 Å². The van der Waals surface area contributed by atoms with Crippen molar-refractivity contribution in [2.24, 2.45) is 0 Å². The molecule has 1 aromatic heterocycles. The summed E-state index contributed by atoms with van der Waals surface area (Å²) in [6.45, 7) is 2.58. The van der Waals surface area contributed by atoms with Crippen LogP contribution in [0.25, 0.3) is 0 Å². The second-order valence-electron chi connectivity index (χ2n) is 4.92. The van der Waals surface area contributed by atoms with Crippen molar-refractivity contribution in [1.29, 1.82) is 0 Å². The van der Waals surface area contributed by atoms with Gasteiger partial charge in [-0.1, -0.05) is 6.92 Å². The zero-order valence-electron chi connectivity index (χ0n) is 11.7. The van der Waals surface area contributed by atoms with E-state index in [4.69, 9.17) is 0 Å². The third-order valence-corrected chi connectivity index (χ3v) is 6.05. The summed E-state index contributed by atoms with van der Waals surface area (Å²) >= 11 is 1.66. The molecule has 2 rings (SSSR count). The average Bonchev–Trinajstić information content (AvgIpc) is 2.46. The fourth-order valence-corrected chi connectivity index (χ4v) is 5.05. The number of pyridine rings is 1. The highest BCUT2D eigenvalue weighted by Crippen LogP contribution is 2.27. The molecule has 20 heavy (non-hydrogen) atoms. The Morgan fingerprint density at radius 3 is 2.85 bits per heavy atom. The molecule has 1 unspecified atom stereocenters. The highest BCUT2D eigenvalue weighted by Gasteiger charge is 2.31. The van der Waals surface area contributed by atoms with Gasteiger partial charge in [0.2, 0.25) is 0 Å². The Morgan fingerprint density at radius 1 is 1.55 bits per heavy atom. The first-order valence-corrected chi connectivity index (χ1v) is 9.71. The first kappa shape index (κ1) is 15.6. The van der Waals surface area contributed by atoms with Gasteiger partial charge in [0.05, 0.1) is 23.7 Å². The molecule has 0 amide bonds. The van der Waals surface area contributed by atoms with Crippen LogP contribution in [0.15, 0.2) is 18.3 Å². The summed E-state index contributed by atoms with van der Waals surface area (Å²) in [6.07, 6.45) is 2.98. The van der Waals surface area contributed by atoms with Gasteiger partial charge in [-0.25, -0.2) is 8.42 Å². The number of hydrogen-bond donors (Lipinski definition) is 1. The summed E-state index contributed by atoms with van der Waals surface area (Å²) in [4.78, 5) is 6.14. The molecule has 1 N–H and O–H groups in total. The first-order valence-electron chi connectivity index (χ1n) is 6.60. The molecule has 0 spiro atoms. The fourth-order valence-electron chi connectivity index (χ4n) is 2.20.